The molecule has 2 aliphatic heterocycles. The Morgan fingerprint density at radius 3 is 2.20 bits per heavy atom. The summed E-state index contributed by atoms with van der Waals surface area (Å²) < 4.78 is 39.9. The molecule has 6 heteroatoms. The van der Waals surface area contributed by atoms with Gasteiger partial charge in [0.15, 0.2) is 0 Å². The number of hydrogen-bond acceptors (Lipinski definition) is 2. The Kier molecular flexibility index (Phi) is 3.41. The molecule has 2 N–H and O–H groups in total. The first-order chi connectivity index (χ1) is 9.52. The third-order valence-corrected chi connectivity index (χ3v) is 4.04. The number of piperidine rings is 1. The van der Waals surface area contributed by atoms with Crippen molar-refractivity contribution in [1.29, 1.82) is 0 Å². The second kappa shape index (κ2) is 5.09. The second-order valence-electron chi connectivity index (χ2n) is 5.52. The van der Waals surface area contributed by atoms with Crippen molar-refractivity contribution in [2.45, 2.75) is 43.8 Å². The highest BCUT2D eigenvalue weighted by Gasteiger charge is 2.34. The number of amides is 1. The Hall–Kier alpha value is -1.56. The van der Waals surface area contributed by atoms with Crippen LogP contribution in [0.3, 0.4) is 0 Å². The molecule has 0 aliphatic carbocycles. The van der Waals surface area contributed by atoms with Gasteiger partial charge in [-0.3, -0.25) is 4.79 Å². The van der Waals surface area contributed by atoms with Gasteiger partial charge in [-0.1, -0.05) is 0 Å². The van der Waals surface area contributed by atoms with Crippen LogP contribution in [0.5, 0.6) is 0 Å². The van der Waals surface area contributed by atoms with E-state index in [9.17, 15) is 18.0 Å². The van der Waals surface area contributed by atoms with E-state index in [2.05, 4.69) is 10.6 Å². The molecule has 0 spiro atoms. The quantitative estimate of drug-likeness (QED) is 0.873. The molecule has 0 saturated carbocycles. The van der Waals surface area contributed by atoms with E-state index >= 15 is 0 Å². The molecule has 0 radical (unpaired) electrons. The lowest BCUT2D eigenvalue weighted by molar-refractivity contribution is 0.0915. The first kappa shape index (κ1) is 13.4. The number of rotatable bonds is 2. The summed E-state index contributed by atoms with van der Waals surface area (Å²) in [5.41, 5.74) is -0.711. The van der Waals surface area contributed by atoms with Gasteiger partial charge >= 0.3 is 0 Å². The predicted octanol–water partition coefficient (Wildman–Crippen LogP) is 2.12. The summed E-state index contributed by atoms with van der Waals surface area (Å²) in [4.78, 5) is 12.0. The summed E-state index contributed by atoms with van der Waals surface area (Å²) in [6, 6.07) is 1.67. The van der Waals surface area contributed by atoms with E-state index in [0.29, 0.717) is 24.2 Å². The number of nitrogens with one attached hydrogen (secondary N) is 2. The molecule has 1 amide bonds. The van der Waals surface area contributed by atoms with Crippen LogP contribution in [0.2, 0.25) is 0 Å². The number of carbonyl (C=O) groups is 1. The van der Waals surface area contributed by atoms with E-state index in [0.717, 1.165) is 25.7 Å². The van der Waals surface area contributed by atoms with Gasteiger partial charge in [0.05, 0.1) is 0 Å². The molecule has 1 aromatic rings. The number of hydrogen-bond donors (Lipinski definition) is 2. The average molecular weight is 284 g/mol. The average Bonchev–Trinajstić information content (AvgIpc) is 2.67. The van der Waals surface area contributed by atoms with Crippen molar-refractivity contribution >= 4 is 5.91 Å². The van der Waals surface area contributed by atoms with Gasteiger partial charge in [0, 0.05) is 30.3 Å². The van der Waals surface area contributed by atoms with Crippen molar-refractivity contribution in [1.82, 2.24) is 10.6 Å². The Morgan fingerprint density at radius 1 is 1.10 bits per heavy atom. The number of benzene rings is 1. The van der Waals surface area contributed by atoms with Crippen molar-refractivity contribution in [3.05, 3.63) is 35.1 Å². The Morgan fingerprint density at radius 2 is 1.65 bits per heavy atom. The monoisotopic (exact) mass is 284 g/mol. The lowest BCUT2D eigenvalue weighted by Gasteiger charge is -2.29. The highest BCUT2D eigenvalue weighted by molar-refractivity contribution is 5.95. The normalized spacial score (nSPS) is 28.4. The second-order valence-corrected chi connectivity index (χ2v) is 5.52. The zero-order valence-corrected chi connectivity index (χ0v) is 10.8. The van der Waals surface area contributed by atoms with Crippen molar-refractivity contribution in [3.63, 3.8) is 0 Å². The molecular formula is C14H15F3N2O. The molecule has 2 unspecified atom stereocenters. The van der Waals surface area contributed by atoms with Crippen molar-refractivity contribution < 1.29 is 18.0 Å². The molecule has 2 fully saturated rings. The maximum Gasteiger partial charge on any atom is 0.257 e. The molecule has 2 atom stereocenters. The van der Waals surface area contributed by atoms with Crippen LogP contribution >= 0.6 is 0 Å². The van der Waals surface area contributed by atoms with Crippen LogP contribution in [0.1, 0.15) is 36.0 Å². The standard InChI is InChI=1S/C14H15F3N2O/c15-7-3-11(16)13(12(17)4-7)14(20)19-10-5-8-1-2-9(6-10)18-8/h3-4,8-10,18H,1-2,5-6H2,(H,19,20). The van der Waals surface area contributed by atoms with E-state index < -0.39 is 28.9 Å². The van der Waals surface area contributed by atoms with Crippen LogP contribution in [-0.2, 0) is 0 Å². The first-order valence-electron chi connectivity index (χ1n) is 6.74. The molecule has 108 valence electrons. The Labute approximate surface area is 114 Å². The summed E-state index contributed by atoms with van der Waals surface area (Å²) >= 11 is 0. The lowest BCUT2D eigenvalue weighted by atomic mass is 9.99. The smallest absolute Gasteiger partial charge is 0.257 e. The first-order valence-corrected chi connectivity index (χ1v) is 6.74. The van der Waals surface area contributed by atoms with E-state index in [-0.39, 0.29) is 6.04 Å². The van der Waals surface area contributed by atoms with Gasteiger partial charge in [-0.05, 0) is 25.7 Å². The van der Waals surface area contributed by atoms with Gasteiger partial charge in [0.1, 0.15) is 23.0 Å². The Balaban J connectivity index is 1.73. The minimum Gasteiger partial charge on any atom is -0.349 e. The van der Waals surface area contributed by atoms with E-state index in [1.54, 1.807) is 0 Å². The van der Waals surface area contributed by atoms with Crippen LogP contribution in [-0.4, -0.2) is 24.0 Å². The summed E-state index contributed by atoms with van der Waals surface area (Å²) in [7, 11) is 0. The van der Waals surface area contributed by atoms with Gasteiger partial charge < -0.3 is 10.6 Å². The molecule has 1 aromatic carbocycles. The molecule has 2 bridgehead atoms. The third-order valence-electron chi connectivity index (χ3n) is 4.04. The van der Waals surface area contributed by atoms with Crippen LogP contribution in [0, 0.1) is 17.5 Å². The van der Waals surface area contributed by atoms with Gasteiger partial charge in [0.25, 0.3) is 5.91 Å². The van der Waals surface area contributed by atoms with Gasteiger partial charge in [-0.15, -0.1) is 0 Å². The lowest BCUT2D eigenvalue weighted by Crippen LogP contribution is -2.48. The fourth-order valence-electron chi connectivity index (χ4n) is 3.19. The highest BCUT2D eigenvalue weighted by Crippen LogP contribution is 2.27. The Bertz CT molecular complexity index is 514. The number of carbonyl (C=O) groups excluding carboxylic acids is 1. The van der Waals surface area contributed by atoms with Gasteiger partial charge in [-0.25, -0.2) is 13.2 Å². The third kappa shape index (κ3) is 2.52. The molecule has 2 aliphatic rings. The molecule has 2 saturated heterocycles. The maximum atomic E-state index is 13.5. The molecule has 0 aromatic heterocycles. The van der Waals surface area contributed by atoms with Crippen LogP contribution in [0.4, 0.5) is 13.2 Å². The predicted molar refractivity (Wildman–Crippen MR) is 66.7 cm³/mol. The summed E-state index contributed by atoms with van der Waals surface area (Å²) in [5.74, 6) is -4.18. The van der Waals surface area contributed by atoms with Crippen molar-refractivity contribution in [2.75, 3.05) is 0 Å². The van der Waals surface area contributed by atoms with E-state index in [1.807, 2.05) is 0 Å². The molecule has 3 rings (SSSR count). The van der Waals surface area contributed by atoms with Crippen LogP contribution in [0.25, 0.3) is 0 Å². The summed E-state index contributed by atoms with van der Waals surface area (Å²) in [5, 5.41) is 6.07. The molecular weight excluding hydrogens is 269 g/mol. The topological polar surface area (TPSA) is 41.1 Å². The minimum absolute atomic E-state index is 0.0925. The maximum absolute atomic E-state index is 13.5. The van der Waals surface area contributed by atoms with Crippen LogP contribution in [0.15, 0.2) is 12.1 Å². The number of fused-ring (bicyclic) bond motifs is 2. The summed E-state index contributed by atoms with van der Waals surface area (Å²) in [6.07, 6.45) is 3.64. The van der Waals surface area contributed by atoms with Gasteiger partial charge in [0.2, 0.25) is 0 Å². The molecule has 20 heavy (non-hydrogen) atoms. The SMILES string of the molecule is O=C(NC1CC2CCC(C1)N2)c1c(F)cc(F)cc1F. The van der Waals surface area contributed by atoms with Crippen molar-refractivity contribution in [2.24, 2.45) is 0 Å². The molecule has 3 nitrogen and oxygen atoms in total. The van der Waals surface area contributed by atoms with E-state index in [1.165, 1.54) is 0 Å². The zero-order chi connectivity index (χ0) is 14.3. The molecule has 2 heterocycles. The fourth-order valence-corrected chi connectivity index (χ4v) is 3.19. The largest absolute Gasteiger partial charge is 0.349 e. The fraction of sp³-hybridized carbons (Fsp3) is 0.500. The summed E-state index contributed by atoms with van der Waals surface area (Å²) in [6.45, 7) is 0. The van der Waals surface area contributed by atoms with Gasteiger partial charge in [-0.2, -0.15) is 0 Å². The van der Waals surface area contributed by atoms with E-state index in [4.69, 9.17) is 0 Å². The van der Waals surface area contributed by atoms with Crippen molar-refractivity contribution in [3.8, 4) is 0 Å². The van der Waals surface area contributed by atoms with Crippen LogP contribution < -0.4 is 10.6 Å². The number of halogens is 3. The highest BCUT2D eigenvalue weighted by atomic mass is 19.1. The minimum atomic E-state index is -1.17. The zero-order valence-electron chi connectivity index (χ0n) is 10.8.